The molecule has 4 aliphatic rings. The summed E-state index contributed by atoms with van der Waals surface area (Å²) in [5.41, 5.74) is 27.7. The number of benzene rings is 11. The molecule has 3 aliphatic heterocycles. The van der Waals surface area contributed by atoms with E-state index in [-0.39, 0.29) is 17.5 Å². The van der Waals surface area contributed by atoms with Crippen molar-refractivity contribution < 1.29 is 0 Å². The van der Waals surface area contributed by atoms with Gasteiger partial charge in [0.1, 0.15) is 0 Å². The van der Waals surface area contributed by atoms with Crippen LogP contribution in [-0.2, 0) is 16.2 Å². The molecule has 0 N–H and O–H groups in total. The summed E-state index contributed by atoms with van der Waals surface area (Å²) >= 11 is 0. The van der Waals surface area contributed by atoms with E-state index in [9.17, 15) is 0 Å². The lowest BCUT2D eigenvalue weighted by molar-refractivity contribution is 0.637. The third kappa shape index (κ3) is 5.09. The predicted octanol–water partition coefficient (Wildman–Crippen LogP) is 15.7. The Kier molecular flexibility index (Phi) is 8.20. The molecule has 11 aromatic carbocycles. The van der Waals surface area contributed by atoms with E-state index in [1.165, 1.54) is 149 Å². The second-order valence-corrected chi connectivity index (χ2v) is 23.1. The molecular formula is C73H51BN2. The largest absolute Gasteiger partial charge is 0.310 e. The summed E-state index contributed by atoms with van der Waals surface area (Å²) in [6.45, 7) is 9.65. The molecule has 17 rings (SSSR count). The lowest BCUT2D eigenvalue weighted by Gasteiger charge is -2.44. The summed E-state index contributed by atoms with van der Waals surface area (Å²) in [6.07, 6.45) is 0. The van der Waals surface area contributed by atoms with E-state index in [4.69, 9.17) is 0 Å². The van der Waals surface area contributed by atoms with E-state index in [0.717, 1.165) is 0 Å². The summed E-state index contributed by atoms with van der Waals surface area (Å²) in [6, 6.07) is 90.8. The molecule has 2 aromatic heterocycles. The Balaban J connectivity index is 1.13. The number of aromatic nitrogens is 2. The molecule has 0 fully saturated rings. The Morgan fingerprint density at radius 2 is 0.908 bits per heavy atom. The van der Waals surface area contributed by atoms with E-state index in [1.54, 1.807) is 0 Å². The maximum Gasteiger partial charge on any atom is 0.252 e. The van der Waals surface area contributed by atoms with Crippen molar-refractivity contribution in [2.45, 2.75) is 43.9 Å². The van der Waals surface area contributed by atoms with Crippen LogP contribution >= 0.6 is 0 Å². The molecule has 0 amide bonds. The highest BCUT2D eigenvalue weighted by Crippen LogP contribution is 2.62. The van der Waals surface area contributed by atoms with Crippen LogP contribution in [-0.4, -0.2) is 15.8 Å². The summed E-state index contributed by atoms with van der Waals surface area (Å²) in [4.78, 5) is 0. The SMILES string of the molecule is CC(C)(c1ccccc1)c1cc2c3c(c1)c1cc(C(C)(C)c4ccccc4)cc4c1n3-c1c(ccc3c1B2c1cc2ccccc2c2c(-c5ccccc5)c(-c5ccccc5)n-3c12)C41c2ccccc2-c2ccccc21. The third-order valence-electron chi connectivity index (χ3n) is 18.8. The van der Waals surface area contributed by atoms with Crippen molar-refractivity contribution >= 4 is 66.6 Å². The maximum absolute atomic E-state index is 2.78. The Bertz CT molecular complexity index is 4630. The predicted molar refractivity (Wildman–Crippen MR) is 319 cm³/mol. The summed E-state index contributed by atoms with van der Waals surface area (Å²) in [7, 11) is 0. The summed E-state index contributed by atoms with van der Waals surface area (Å²) in [5.74, 6) is 0. The van der Waals surface area contributed by atoms with Gasteiger partial charge < -0.3 is 9.13 Å². The lowest BCUT2D eigenvalue weighted by atomic mass is 9.33. The van der Waals surface area contributed by atoms with Crippen LogP contribution in [0, 0.1) is 0 Å². The topological polar surface area (TPSA) is 9.86 Å². The average Bonchev–Trinajstić information content (AvgIpc) is 3.93. The van der Waals surface area contributed by atoms with Crippen molar-refractivity contribution in [3.8, 4) is 44.9 Å². The van der Waals surface area contributed by atoms with Crippen LogP contribution in [0.25, 0.3) is 88.4 Å². The molecule has 1 aliphatic carbocycles. The van der Waals surface area contributed by atoms with Gasteiger partial charge in [-0.3, -0.25) is 0 Å². The van der Waals surface area contributed by atoms with Gasteiger partial charge in [0.05, 0.1) is 22.1 Å². The lowest BCUT2D eigenvalue weighted by Crippen LogP contribution is -2.60. The zero-order valence-corrected chi connectivity index (χ0v) is 43.0. The van der Waals surface area contributed by atoms with Crippen LogP contribution in [0.3, 0.4) is 0 Å². The van der Waals surface area contributed by atoms with Crippen LogP contribution in [0.15, 0.2) is 237 Å². The molecule has 2 nitrogen and oxygen atoms in total. The molecule has 0 saturated carbocycles. The monoisotopic (exact) mass is 966 g/mol. The van der Waals surface area contributed by atoms with Crippen molar-refractivity contribution in [3.05, 3.63) is 281 Å². The number of hydrogen-bond acceptors (Lipinski definition) is 0. The van der Waals surface area contributed by atoms with Gasteiger partial charge in [-0.1, -0.05) is 246 Å². The number of nitrogens with zero attached hydrogens (tertiary/aromatic N) is 2. The third-order valence-corrected chi connectivity index (χ3v) is 18.8. The Hall–Kier alpha value is -8.92. The van der Waals surface area contributed by atoms with Crippen molar-refractivity contribution in [2.24, 2.45) is 0 Å². The molecule has 13 aromatic rings. The van der Waals surface area contributed by atoms with Crippen molar-refractivity contribution in [2.75, 3.05) is 0 Å². The fraction of sp³-hybridized carbons (Fsp3) is 0.0959. The average molecular weight is 967 g/mol. The standard InChI is InChI=1S/C73H51BN2/c1-71(2,47-28-13-7-14-29-47)49-40-54-55-41-50(72(3,4)48-30-15-8-16-31-48)43-61-68(55)76-67(54)59(42-49)73(56-35-21-19-33-52(56)53-34-20-22-36-57(53)73)58-37-38-62-65(69(58)76)74(61)60-39-46-27-17-18-32-51(46)64-63(44-23-9-5-10-24-44)66(75(62)70(60)64)45-25-11-6-12-26-45/h5-43H,1-4H3. The Morgan fingerprint density at radius 3 is 1.55 bits per heavy atom. The molecule has 0 saturated heterocycles. The first kappa shape index (κ1) is 42.4. The first-order chi connectivity index (χ1) is 37.3. The second kappa shape index (κ2) is 14.7. The summed E-state index contributed by atoms with van der Waals surface area (Å²) in [5, 5.41) is 6.50. The second-order valence-electron chi connectivity index (χ2n) is 23.1. The molecule has 356 valence electrons. The van der Waals surface area contributed by atoms with E-state index >= 15 is 0 Å². The molecule has 5 heterocycles. The van der Waals surface area contributed by atoms with Crippen molar-refractivity contribution in [3.63, 3.8) is 0 Å². The Morgan fingerprint density at radius 1 is 0.382 bits per heavy atom. The number of rotatable bonds is 6. The van der Waals surface area contributed by atoms with Crippen LogP contribution in [0.1, 0.15) is 72.2 Å². The van der Waals surface area contributed by atoms with Crippen LogP contribution in [0.2, 0.25) is 0 Å². The molecular weight excluding hydrogens is 916 g/mol. The molecule has 0 bridgehead atoms. The minimum absolute atomic E-state index is 0.0803. The van der Waals surface area contributed by atoms with Crippen LogP contribution < -0.4 is 16.4 Å². The van der Waals surface area contributed by atoms with Gasteiger partial charge in [0, 0.05) is 49.4 Å². The first-order valence-electron chi connectivity index (χ1n) is 27.1. The van der Waals surface area contributed by atoms with E-state index in [2.05, 4.69) is 273 Å². The fourth-order valence-corrected chi connectivity index (χ4v) is 15.3. The van der Waals surface area contributed by atoms with Gasteiger partial charge in [-0.25, -0.2) is 0 Å². The fourth-order valence-electron chi connectivity index (χ4n) is 15.3. The molecule has 0 unspecified atom stereocenters. The van der Waals surface area contributed by atoms with Gasteiger partial charge in [-0.05, 0) is 112 Å². The zero-order chi connectivity index (χ0) is 50.4. The van der Waals surface area contributed by atoms with E-state index in [0.29, 0.717) is 0 Å². The highest BCUT2D eigenvalue weighted by atomic mass is 15.1. The number of fused-ring (bicyclic) bond motifs is 13. The zero-order valence-electron chi connectivity index (χ0n) is 43.0. The normalized spacial score (nSPS) is 14.1. The van der Waals surface area contributed by atoms with E-state index < -0.39 is 5.41 Å². The quantitative estimate of drug-likeness (QED) is 0.147. The van der Waals surface area contributed by atoms with Crippen LogP contribution in [0.4, 0.5) is 0 Å². The molecule has 76 heavy (non-hydrogen) atoms. The molecule has 0 radical (unpaired) electrons. The minimum atomic E-state index is -0.621. The molecule has 0 atom stereocenters. The summed E-state index contributed by atoms with van der Waals surface area (Å²) < 4.78 is 5.48. The van der Waals surface area contributed by atoms with E-state index in [1.807, 2.05) is 0 Å². The van der Waals surface area contributed by atoms with Crippen molar-refractivity contribution in [1.29, 1.82) is 0 Å². The highest BCUT2D eigenvalue weighted by molar-refractivity contribution is 7.00. The minimum Gasteiger partial charge on any atom is -0.310 e. The number of hydrogen-bond donors (Lipinski definition) is 0. The van der Waals surface area contributed by atoms with Crippen LogP contribution in [0.5, 0.6) is 0 Å². The van der Waals surface area contributed by atoms with Gasteiger partial charge >= 0.3 is 0 Å². The van der Waals surface area contributed by atoms with Gasteiger partial charge in [0.2, 0.25) is 0 Å². The molecule has 1 spiro atoms. The Labute approximate surface area is 443 Å². The van der Waals surface area contributed by atoms with Gasteiger partial charge in [0.25, 0.3) is 6.71 Å². The maximum atomic E-state index is 2.78. The molecule has 3 heteroatoms. The highest BCUT2D eigenvalue weighted by Gasteiger charge is 2.55. The van der Waals surface area contributed by atoms with Gasteiger partial charge in [-0.15, -0.1) is 0 Å². The van der Waals surface area contributed by atoms with Gasteiger partial charge in [0.15, 0.2) is 0 Å². The smallest absolute Gasteiger partial charge is 0.252 e. The first-order valence-corrected chi connectivity index (χ1v) is 27.1. The van der Waals surface area contributed by atoms with Crippen molar-refractivity contribution in [1.82, 2.24) is 9.13 Å². The van der Waals surface area contributed by atoms with Gasteiger partial charge in [-0.2, -0.15) is 0 Å².